The van der Waals surface area contributed by atoms with Crippen LogP contribution in [0.25, 0.3) is 0 Å². The van der Waals surface area contributed by atoms with E-state index in [1.807, 2.05) is 0 Å². The fourth-order valence-corrected chi connectivity index (χ4v) is 1.68. The highest BCUT2D eigenvalue weighted by atomic mass is 16.6. The molecule has 0 aromatic heterocycles. The number of Topliss-reactive ketones (excluding diaryl/α,β-unsaturated/α-hetero) is 1. The van der Waals surface area contributed by atoms with Gasteiger partial charge in [0.05, 0.1) is 18.8 Å². The molecule has 0 fully saturated rings. The van der Waals surface area contributed by atoms with Crippen LogP contribution in [0.2, 0.25) is 0 Å². The molecule has 7 heteroatoms. The Bertz CT molecular complexity index is 576. The highest BCUT2D eigenvalue weighted by Crippen LogP contribution is 2.36. The number of nitrogens with one attached hydrogen (secondary N) is 1. The van der Waals surface area contributed by atoms with Gasteiger partial charge in [0.2, 0.25) is 0 Å². The molecule has 0 heterocycles. The van der Waals surface area contributed by atoms with Crippen molar-refractivity contribution in [3.8, 4) is 11.5 Å². The molecule has 0 aliphatic carbocycles. The molecule has 122 valence electrons. The second kappa shape index (κ2) is 6.65. The van der Waals surface area contributed by atoms with Crippen molar-refractivity contribution < 1.29 is 24.2 Å². The minimum atomic E-state index is -0.754. The van der Waals surface area contributed by atoms with E-state index in [0.717, 1.165) is 0 Å². The Kier molecular flexibility index (Phi) is 5.38. The number of ether oxygens (including phenoxy) is 2. The number of rotatable bonds is 4. The third kappa shape index (κ3) is 4.63. The number of carbonyl (C=O) groups is 2. The van der Waals surface area contributed by atoms with Gasteiger partial charge in [0.15, 0.2) is 17.3 Å². The maximum absolute atomic E-state index is 12.0. The first kappa shape index (κ1) is 17.8. The van der Waals surface area contributed by atoms with Crippen LogP contribution in [-0.2, 0) is 4.74 Å². The highest BCUT2D eigenvalue weighted by Gasteiger charge is 2.21. The molecule has 1 unspecified atom stereocenters. The van der Waals surface area contributed by atoms with Crippen LogP contribution in [0.5, 0.6) is 11.5 Å². The van der Waals surface area contributed by atoms with E-state index < -0.39 is 17.7 Å². The average Bonchev–Trinajstić information content (AvgIpc) is 2.37. The van der Waals surface area contributed by atoms with Crippen molar-refractivity contribution in [1.29, 1.82) is 0 Å². The summed E-state index contributed by atoms with van der Waals surface area (Å²) in [5.41, 5.74) is 5.11. The third-order valence-electron chi connectivity index (χ3n) is 2.63. The topological polar surface area (TPSA) is 111 Å². The molecule has 22 heavy (non-hydrogen) atoms. The Morgan fingerprint density at radius 1 is 1.32 bits per heavy atom. The first-order chi connectivity index (χ1) is 10.0. The van der Waals surface area contributed by atoms with Crippen molar-refractivity contribution in [2.75, 3.05) is 12.4 Å². The van der Waals surface area contributed by atoms with Crippen molar-refractivity contribution in [2.45, 2.75) is 39.3 Å². The molecule has 0 aliphatic heterocycles. The molecule has 1 aromatic carbocycles. The van der Waals surface area contributed by atoms with Crippen molar-refractivity contribution in [1.82, 2.24) is 0 Å². The lowest BCUT2D eigenvalue weighted by atomic mass is 10.0. The summed E-state index contributed by atoms with van der Waals surface area (Å²) in [5.74, 6) is -0.585. The Balaban J connectivity index is 3.15. The largest absolute Gasteiger partial charge is 0.503 e. The lowest BCUT2D eigenvalue weighted by molar-refractivity contribution is 0.0635. The summed E-state index contributed by atoms with van der Waals surface area (Å²) in [7, 11) is 1.34. The minimum Gasteiger partial charge on any atom is -0.503 e. The van der Waals surface area contributed by atoms with Gasteiger partial charge in [0.1, 0.15) is 5.60 Å². The van der Waals surface area contributed by atoms with Crippen LogP contribution >= 0.6 is 0 Å². The predicted molar refractivity (Wildman–Crippen MR) is 82.5 cm³/mol. The van der Waals surface area contributed by atoms with Gasteiger partial charge < -0.3 is 20.3 Å². The second-order valence-corrected chi connectivity index (χ2v) is 5.85. The van der Waals surface area contributed by atoms with Crippen molar-refractivity contribution >= 4 is 17.6 Å². The predicted octanol–water partition coefficient (Wildman–Crippen LogP) is 2.28. The molecule has 0 saturated carbocycles. The number of anilines is 1. The maximum Gasteiger partial charge on any atom is 0.412 e. The zero-order valence-electron chi connectivity index (χ0n) is 13.4. The van der Waals surface area contributed by atoms with Crippen molar-refractivity contribution in [3.63, 3.8) is 0 Å². The van der Waals surface area contributed by atoms with Gasteiger partial charge in [0, 0.05) is 5.56 Å². The lowest BCUT2D eigenvalue weighted by Crippen LogP contribution is -2.28. The molecule has 1 rings (SSSR count). The third-order valence-corrected chi connectivity index (χ3v) is 2.63. The van der Waals surface area contributed by atoms with Gasteiger partial charge in [-0.15, -0.1) is 0 Å². The molecule has 0 saturated heterocycles. The Hall–Kier alpha value is -2.28. The normalized spacial score (nSPS) is 12.5. The number of carbonyl (C=O) groups excluding carboxylic acids is 2. The van der Waals surface area contributed by atoms with Gasteiger partial charge in [-0.25, -0.2) is 4.79 Å². The van der Waals surface area contributed by atoms with Crippen LogP contribution in [0.3, 0.4) is 0 Å². The Labute approximate surface area is 129 Å². The van der Waals surface area contributed by atoms with E-state index in [1.54, 1.807) is 27.7 Å². The molecule has 1 atom stereocenters. The van der Waals surface area contributed by atoms with Gasteiger partial charge in [-0.2, -0.15) is 0 Å². The number of benzene rings is 1. The fourth-order valence-electron chi connectivity index (χ4n) is 1.68. The summed E-state index contributed by atoms with van der Waals surface area (Å²) in [5, 5.41) is 12.4. The first-order valence-corrected chi connectivity index (χ1v) is 6.76. The number of amides is 1. The number of phenolic OH excluding ortho intramolecular Hbond substituents is 1. The van der Waals surface area contributed by atoms with E-state index in [1.165, 1.54) is 19.2 Å². The Morgan fingerprint density at radius 2 is 1.91 bits per heavy atom. The zero-order chi connectivity index (χ0) is 17.1. The SMILES string of the molecule is COc1cc(C(=O)C(C)N)cc(NC(=O)OC(C)(C)C)c1O. The number of hydrogen-bond donors (Lipinski definition) is 3. The Morgan fingerprint density at radius 3 is 2.36 bits per heavy atom. The summed E-state index contributed by atoms with van der Waals surface area (Å²) >= 11 is 0. The van der Waals surface area contributed by atoms with E-state index in [9.17, 15) is 14.7 Å². The molecule has 7 nitrogen and oxygen atoms in total. The molecule has 1 aromatic rings. The smallest absolute Gasteiger partial charge is 0.412 e. The highest BCUT2D eigenvalue weighted by molar-refractivity contribution is 6.02. The van der Waals surface area contributed by atoms with Crippen LogP contribution in [-0.4, -0.2) is 35.7 Å². The van der Waals surface area contributed by atoms with Gasteiger partial charge >= 0.3 is 6.09 Å². The van der Waals surface area contributed by atoms with E-state index >= 15 is 0 Å². The zero-order valence-corrected chi connectivity index (χ0v) is 13.4. The van der Waals surface area contributed by atoms with Crippen molar-refractivity contribution in [2.24, 2.45) is 5.73 Å². The first-order valence-electron chi connectivity index (χ1n) is 6.76. The number of phenols is 1. The summed E-state index contributed by atoms with van der Waals surface area (Å²) in [4.78, 5) is 23.8. The number of ketones is 1. The molecule has 0 aliphatic rings. The van der Waals surface area contributed by atoms with E-state index in [2.05, 4.69) is 5.32 Å². The molecule has 0 spiro atoms. The monoisotopic (exact) mass is 310 g/mol. The quantitative estimate of drug-likeness (QED) is 0.581. The maximum atomic E-state index is 12.0. The van der Waals surface area contributed by atoms with Crippen LogP contribution in [0.4, 0.5) is 10.5 Å². The molecule has 1 amide bonds. The molecular formula is C15H22N2O5. The molecule has 0 radical (unpaired) electrons. The average molecular weight is 310 g/mol. The molecule has 0 bridgehead atoms. The van der Waals surface area contributed by atoms with E-state index in [-0.39, 0.29) is 28.5 Å². The van der Waals surface area contributed by atoms with E-state index in [0.29, 0.717) is 0 Å². The summed E-state index contributed by atoms with van der Waals surface area (Å²) in [6, 6.07) is 1.97. The summed E-state index contributed by atoms with van der Waals surface area (Å²) in [6.45, 7) is 6.68. The number of hydrogen-bond acceptors (Lipinski definition) is 6. The number of aromatic hydroxyl groups is 1. The summed E-state index contributed by atoms with van der Waals surface area (Å²) in [6.07, 6.45) is -0.754. The number of methoxy groups -OCH3 is 1. The van der Waals surface area contributed by atoms with E-state index in [4.69, 9.17) is 15.2 Å². The van der Waals surface area contributed by atoms with Crippen LogP contribution in [0, 0.1) is 0 Å². The summed E-state index contributed by atoms with van der Waals surface area (Å²) < 4.78 is 10.1. The van der Waals surface area contributed by atoms with Crippen LogP contribution in [0.15, 0.2) is 12.1 Å². The molecule has 4 N–H and O–H groups in total. The van der Waals surface area contributed by atoms with Crippen LogP contribution in [0.1, 0.15) is 38.1 Å². The van der Waals surface area contributed by atoms with Crippen molar-refractivity contribution in [3.05, 3.63) is 17.7 Å². The van der Waals surface area contributed by atoms with Gasteiger partial charge in [-0.05, 0) is 39.8 Å². The standard InChI is InChI=1S/C15H22N2O5/c1-8(16)12(18)9-6-10(13(19)11(7-9)21-5)17-14(20)22-15(2,3)4/h6-8,19H,16H2,1-5H3,(H,17,20). The second-order valence-electron chi connectivity index (χ2n) is 5.85. The fraction of sp³-hybridized carbons (Fsp3) is 0.467. The number of nitrogens with two attached hydrogens (primary N) is 1. The van der Waals surface area contributed by atoms with Crippen LogP contribution < -0.4 is 15.8 Å². The van der Waals surface area contributed by atoms with Gasteiger partial charge in [-0.3, -0.25) is 10.1 Å². The minimum absolute atomic E-state index is 0.0117. The van der Waals surface area contributed by atoms with Gasteiger partial charge in [0.25, 0.3) is 0 Å². The van der Waals surface area contributed by atoms with Gasteiger partial charge in [-0.1, -0.05) is 0 Å². The lowest BCUT2D eigenvalue weighted by Gasteiger charge is -2.20. The molecular weight excluding hydrogens is 288 g/mol.